The van der Waals surface area contributed by atoms with E-state index in [1.807, 2.05) is 48.5 Å². The number of anilines is 2. The molecule has 1 heterocycles. The molecule has 0 saturated heterocycles. The molecule has 1 atom stereocenters. The number of nitrogens with one attached hydrogen (secondary N) is 1. The molecule has 1 unspecified atom stereocenters. The van der Waals surface area contributed by atoms with E-state index < -0.39 is 6.10 Å². The normalized spacial score (nSPS) is 15.2. The minimum atomic E-state index is -0.616. The highest BCUT2D eigenvalue weighted by Crippen LogP contribution is 2.36. The molecule has 0 saturated carbocycles. The van der Waals surface area contributed by atoms with Gasteiger partial charge < -0.3 is 19.7 Å². The summed E-state index contributed by atoms with van der Waals surface area (Å²) in [5.74, 6) is 0.974. The lowest BCUT2D eigenvalue weighted by atomic mass is 10.1. The average Bonchev–Trinajstić information content (AvgIpc) is 2.77. The van der Waals surface area contributed by atoms with E-state index in [2.05, 4.69) is 5.32 Å². The van der Waals surface area contributed by atoms with Crippen LogP contribution in [0.15, 0.2) is 78.9 Å². The number of rotatable bonds is 6. The zero-order valence-electron chi connectivity index (χ0n) is 16.6. The zero-order chi connectivity index (χ0) is 20.9. The molecule has 1 aliphatic rings. The summed E-state index contributed by atoms with van der Waals surface area (Å²) < 4.78 is 11.5. The van der Waals surface area contributed by atoms with Crippen LogP contribution in [0.1, 0.15) is 17.3 Å². The second-order valence-electron chi connectivity index (χ2n) is 6.91. The standard InChI is InChI=1S/C24H22N2O4/c1-17-24(28)26(14-15-29-20-10-6-3-7-11-20)21-13-12-19(16-22(21)30-17)25-23(27)18-8-4-2-5-9-18/h2-13,16-17H,14-15H2,1H3,(H,25,27). The zero-order valence-corrected chi connectivity index (χ0v) is 16.6. The predicted octanol–water partition coefficient (Wildman–Crippen LogP) is 4.13. The Balaban J connectivity index is 1.48. The van der Waals surface area contributed by atoms with Crippen molar-refractivity contribution in [2.24, 2.45) is 0 Å². The van der Waals surface area contributed by atoms with E-state index in [1.54, 1.807) is 42.2 Å². The Morgan fingerprint density at radius 2 is 1.73 bits per heavy atom. The summed E-state index contributed by atoms with van der Waals surface area (Å²) in [5.41, 5.74) is 1.83. The number of para-hydroxylation sites is 1. The Morgan fingerprint density at radius 3 is 2.47 bits per heavy atom. The van der Waals surface area contributed by atoms with Crippen molar-refractivity contribution < 1.29 is 19.1 Å². The van der Waals surface area contributed by atoms with Crippen LogP contribution < -0.4 is 19.7 Å². The van der Waals surface area contributed by atoms with Crippen molar-refractivity contribution in [3.8, 4) is 11.5 Å². The highest BCUT2D eigenvalue weighted by molar-refractivity contribution is 6.05. The van der Waals surface area contributed by atoms with E-state index in [0.29, 0.717) is 35.8 Å². The van der Waals surface area contributed by atoms with Gasteiger partial charge in [-0.05, 0) is 43.3 Å². The first-order valence-corrected chi connectivity index (χ1v) is 9.78. The number of nitrogens with zero attached hydrogens (tertiary/aromatic N) is 1. The second-order valence-corrected chi connectivity index (χ2v) is 6.91. The summed E-state index contributed by atoms with van der Waals surface area (Å²) in [5, 5.41) is 2.87. The molecular formula is C24H22N2O4. The third-order valence-electron chi connectivity index (χ3n) is 4.79. The van der Waals surface area contributed by atoms with Crippen molar-refractivity contribution >= 4 is 23.2 Å². The Hall–Kier alpha value is -3.80. The molecule has 152 valence electrons. The van der Waals surface area contributed by atoms with Gasteiger partial charge in [-0.3, -0.25) is 9.59 Å². The quantitative estimate of drug-likeness (QED) is 0.673. The van der Waals surface area contributed by atoms with Gasteiger partial charge in [0.1, 0.15) is 18.1 Å². The third-order valence-corrected chi connectivity index (χ3v) is 4.79. The van der Waals surface area contributed by atoms with Crippen LogP contribution in [0.5, 0.6) is 11.5 Å². The van der Waals surface area contributed by atoms with Crippen LogP contribution in [0, 0.1) is 0 Å². The first-order chi connectivity index (χ1) is 14.6. The SMILES string of the molecule is CC1Oc2cc(NC(=O)c3ccccc3)ccc2N(CCOc2ccccc2)C1=O. The fourth-order valence-electron chi connectivity index (χ4n) is 3.28. The maximum absolute atomic E-state index is 12.7. The lowest BCUT2D eigenvalue weighted by Crippen LogP contribution is -2.46. The van der Waals surface area contributed by atoms with Gasteiger partial charge in [0.05, 0.1) is 12.2 Å². The predicted molar refractivity (Wildman–Crippen MR) is 115 cm³/mol. The maximum Gasteiger partial charge on any atom is 0.267 e. The molecule has 6 nitrogen and oxygen atoms in total. The van der Waals surface area contributed by atoms with Crippen molar-refractivity contribution in [3.63, 3.8) is 0 Å². The number of amides is 2. The van der Waals surface area contributed by atoms with Crippen LogP contribution in [0.3, 0.4) is 0 Å². The van der Waals surface area contributed by atoms with Crippen LogP contribution in [-0.2, 0) is 4.79 Å². The molecule has 1 N–H and O–H groups in total. The largest absolute Gasteiger partial charge is 0.492 e. The average molecular weight is 402 g/mol. The fraction of sp³-hybridized carbons (Fsp3) is 0.167. The van der Waals surface area contributed by atoms with Crippen LogP contribution in [0.4, 0.5) is 11.4 Å². The van der Waals surface area contributed by atoms with E-state index in [1.165, 1.54) is 0 Å². The molecule has 3 aromatic carbocycles. The van der Waals surface area contributed by atoms with Crippen molar-refractivity contribution in [1.29, 1.82) is 0 Å². The molecule has 6 heteroatoms. The molecule has 2 amide bonds. The first kappa shape index (κ1) is 19.5. The van der Waals surface area contributed by atoms with Crippen LogP contribution in [0.2, 0.25) is 0 Å². The van der Waals surface area contributed by atoms with Gasteiger partial charge in [-0.2, -0.15) is 0 Å². The molecule has 0 radical (unpaired) electrons. The van der Waals surface area contributed by atoms with Gasteiger partial charge >= 0.3 is 0 Å². The Labute approximate surface area is 175 Å². The van der Waals surface area contributed by atoms with Crippen molar-refractivity contribution in [2.75, 3.05) is 23.4 Å². The van der Waals surface area contributed by atoms with E-state index in [9.17, 15) is 9.59 Å². The summed E-state index contributed by atoms with van der Waals surface area (Å²) in [6, 6.07) is 23.7. The molecule has 0 fully saturated rings. The number of carbonyl (C=O) groups excluding carboxylic acids is 2. The molecule has 0 aliphatic carbocycles. The minimum absolute atomic E-state index is 0.125. The van der Waals surface area contributed by atoms with E-state index >= 15 is 0 Å². The lowest BCUT2D eigenvalue weighted by Gasteiger charge is -2.33. The van der Waals surface area contributed by atoms with Gasteiger partial charge in [-0.15, -0.1) is 0 Å². The summed E-state index contributed by atoms with van der Waals surface area (Å²) in [7, 11) is 0. The molecule has 3 aromatic rings. The van der Waals surface area contributed by atoms with Gasteiger partial charge in [-0.25, -0.2) is 0 Å². The van der Waals surface area contributed by atoms with Gasteiger partial charge in [-0.1, -0.05) is 36.4 Å². The van der Waals surface area contributed by atoms with Crippen LogP contribution in [-0.4, -0.2) is 31.1 Å². The topological polar surface area (TPSA) is 67.9 Å². The Bertz CT molecular complexity index is 1040. The van der Waals surface area contributed by atoms with Crippen molar-refractivity contribution in [2.45, 2.75) is 13.0 Å². The summed E-state index contributed by atoms with van der Waals surface area (Å²) >= 11 is 0. The molecule has 0 spiro atoms. The number of fused-ring (bicyclic) bond motifs is 1. The molecule has 1 aliphatic heterocycles. The molecule has 0 bridgehead atoms. The third kappa shape index (κ3) is 4.27. The number of ether oxygens (including phenoxy) is 2. The molecule has 0 aromatic heterocycles. The van der Waals surface area contributed by atoms with Gasteiger partial charge in [0.2, 0.25) is 0 Å². The van der Waals surface area contributed by atoms with Crippen LogP contribution in [0.25, 0.3) is 0 Å². The van der Waals surface area contributed by atoms with Crippen molar-refractivity contribution in [1.82, 2.24) is 0 Å². The van der Waals surface area contributed by atoms with E-state index in [4.69, 9.17) is 9.47 Å². The monoisotopic (exact) mass is 402 g/mol. The lowest BCUT2D eigenvalue weighted by molar-refractivity contribution is -0.125. The fourth-order valence-corrected chi connectivity index (χ4v) is 3.28. The molecular weight excluding hydrogens is 380 g/mol. The van der Waals surface area contributed by atoms with Gasteiger partial charge in [0.15, 0.2) is 6.10 Å². The number of carbonyl (C=O) groups is 2. The minimum Gasteiger partial charge on any atom is -0.492 e. The van der Waals surface area contributed by atoms with E-state index in [-0.39, 0.29) is 11.8 Å². The summed E-state index contributed by atoms with van der Waals surface area (Å²) in [6.07, 6.45) is -0.616. The molecule has 30 heavy (non-hydrogen) atoms. The number of hydrogen-bond acceptors (Lipinski definition) is 4. The van der Waals surface area contributed by atoms with Gasteiger partial charge in [0, 0.05) is 17.3 Å². The highest BCUT2D eigenvalue weighted by Gasteiger charge is 2.31. The van der Waals surface area contributed by atoms with Gasteiger partial charge in [0.25, 0.3) is 11.8 Å². The highest BCUT2D eigenvalue weighted by atomic mass is 16.5. The number of benzene rings is 3. The summed E-state index contributed by atoms with van der Waals surface area (Å²) in [4.78, 5) is 26.7. The Morgan fingerprint density at radius 1 is 1.03 bits per heavy atom. The smallest absolute Gasteiger partial charge is 0.267 e. The number of hydrogen-bond donors (Lipinski definition) is 1. The molecule has 4 rings (SSSR count). The van der Waals surface area contributed by atoms with Crippen molar-refractivity contribution in [3.05, 3.63) is 84.4 Å². The van der Waals surface area contributed by atoms with E-state index in [0.717, 1.165) is 5.75 Å². The first-order valence-electron chi connectivity index (χ1n) is 9.78. The Kier molecular flexibility index (Phi) is 5.66. The summed E-state index contributed by atoms with van der Waals surface area (Å²) in [6.45, 7) is 2.46. The maximum atomic E-state index is 12.7. The van der Waals surface area contributed by atoms with Crippen LogP contribution >= 0.6 is 0 Å². The second kappa shape index (κ2) is 8.69.